The van der Waals surface area contributed by atoms with Gasteiger partial charge in [-0.3, -0.25) is 4.79 Å². The SMILES string of the molecule is O=C(Nc1cc(-c2cnc(N3CCOCC3)nc2)c(F)cc1N1C[C@@H]2CCN[C@@H]2C1)C1=CNCC=C1C(F)(F)F. The molecule has 1 amide bonds. The van der Waals surface area contributed by atoms with Crippen LogP contribution in [0.4, 0.5) is 34.9 Å². The molecule has 4 aliphatic rings. The predicted octanol–water partition coefficient (Wildman–Crippen LogP) is 2.83. The van der Waals surface area contributed by atoms with Crippen molar-refractivity contribution in [3.05, 3.63) is 53.8 Å². The van der Waals surface area contributed by atoms with E-state index in [2.05, 4.69) is 25.9 Å². The second-order valence-corrected chi connectivity index (χ2v) is 10.3. The molecule has 3 fully saturated rings. The van der Waals surface area contributed by atoms with E-state index < -0.39 is 29.0 Å². The summed E-state index contributed by atoms with van der Waals surface area (Å²) in [7, 11) is 0. The Morgan fingerprint density at radius 1 is 1.10 bits per heavy atom. The molecule has 0 saturated carbocycles. The molecule has 0 bridgehead atoms. The molecule has 212 valence electrons. The van der Waals surface area contributed by atoms with Crippen molar-refractivity contribution in [1.82, 2.24) is 20.6 Å². The first-order valence-corrected chi connectivity index (χ1v) is 13.3. The van der Waals surface area contributed by atoms with Crippen molar-refractivity contribution >= 4 is 23.2 Å². The largest absolute Gasteiger partial charge is 0.416 e. The first-order chi connectivity index (χ1) is 19.3. The van der Waals surface area contributed by atoms with E-state index in [1.165, 1.54) is 24.5 Å². The standard InChI is InChI=1S/C27H29F4N7O2/c28-21-10-24(38-14-16-1-4-33-23(16)15-38)22(36-25(39)19-13-32-3-2-20(19)27(29,30)31)9-18(21)17-11-34-26(35-12-17)37-5-7-40-8-6-37/h2,9-13,16,23,32-33H,1,3-8,14-15H2,(H,36,39)/t16-,23+/m0/s1. The van der Waals surface area contributed by atoms with E-state index >= 15 is 4.39 Å². The molecule has 1 aromatic carbocycles. The molecule has 2 atom stereocenters. The van der Waals surface area contributed by atoms with Crippen LogP contribution in [0.25, 0.3) is 11.1 Å². The quantitative estimate of drug-likeness (QED) is 0.482. The Morgan fingerprint density at radius 3 is 2.60 bits per heavy atom. The number of ether oxygens (including phenoxy) is 1. The molecular formula is C27H29F4N7O2. The predicted molar refractivity (Wildman–Crippen MR) is 141 cm³/mol. The van der Waals surface area contributed by atoms with Crippen molar-refractivity contribution in [1.29, 1.82) is 0 Å². The third-order valence-corrected chi connectivity index (χ3v) is 7.79. The summed E-state index contributed by atoms with van der Waals surface area (Å²) in [6.45, 7) is 4.53. The van der Waals surface area contributed by atoms with Crippen LogP contribution in [0.1, 0.15) is 6.42 Å². The zero-order valence-corrected chi connectivity index (χ0v) is 21.6. The van der Waals surface area contributed by atoms with Crippen LogP contribution >= 0.6 is 0 Å². The van der Waals surface area contributed by atoms with Crippen LogP contribution in [0.3, 0.4) is 0 Å². The molecule has 3 saturated heterocycles. The van der Waals surface area contributed by atoms with Crippen molar-refractivity contribution in [3.63, 3.8) is 0 Å². The number of halogens is 4. The summed E-state index contributed by atoms with van der Waals surface area (Å²) in [5, 5.41) is 8.75. The van der Waals surface area contributed by atoms with E-state index in [9.17, 15) is 18.0 Å². The number of amides is 1. The number of anilines is 3. The van der Waals surface area contributed by atoms with Crippen LogP contribution in [-0.4, -0.2) is 80.6 Å². The van der Waals surface area contributed by atoms with Gasteiger partial charge < -0.3 is 30.5 Å². The van der Waals surface area contributed by atoms with Crippen LogP contribution in [0.2, 0.25) is 0 Å². The fourth-order valence-corrected chi connectivity index (χ4v) is 5.73. The highest BCUT2D eigenvalue weighted by atomic mass is 19.4. The van der Waals surface area contributed by atoms with Gasteiger partial charge in [0.25, 0.3) is 5.91 Å². The van der Waals surface area contributed by atoms with Crippen LogP contribution in [0.15, 0.2) is 47.9 Å². The highest BCUT2D eigenvalue weighted by Crippen LogP contribution is 2.39. The number of nitrogens with one attached hydrogen (secondary N) is 3. The molecule has 13 heteroatoms. The Labute approximate surface area is 228 Å². The second kappa shape index (κ2) is 10.7. The molecule has 0 aliphatic carbocycles. The summed E-state index contributed by atoms with van der Waals surface area (Å²) in [5.74, 6) is -0.615. The lowest BCUT2D eigenvalue weighted by Gasteiger charge is -2.27. The first-order valence-electron chi connectivity index (χ1n) is 13.3. The van der Waals surface area contributed by atoms with E-state index in [1.54, 1.807) is 0 Å². The van der Waals surface area contributed by atoms with E-state index in [-0.39, 0.29) is 23.8 Å². The van der Waals surface area contributed by atoms with Crippen LogP contribution in [0.5, 0.6) is 0 Å². The van der Waals surface area contributed by atoms with Gasteiger partial charge in [0, 0.05) is 68.5 Å². The number of fused-ring (bicyclic) bond motifs is 1. The van der Waals surface area contributed by atoms with Crippen molar-refractivity contribution < 1.29 is 27.1 Å². The van der Waals surface area contributed by atoms with Gasteiger partial charge in [-0.1, -0.05) is 6.08 Å². The van der Waals surface area contributed by atoms with Crippen molar-refractivity contribution in [3.8, 4) is 11.1 Å². The number of nitrogens with zero attached hydrogens (tertiary/aromatic N) is 4. The molecular weight excluding hydrogens is 530 g/mol. The third-order valence-electron chi connectivity index (χ3n) is 7.79. The van der Waals surface area contributed by atoms with Gasteiger partial charge in [0.2, 0.25) is 5.95 Å². The Morgan fingerprint density at radius 2 is 1.88 bits per heavy atom. The monoisotopic (exact) mass is 559 g/mol. The third kappa shape index (κ3) is 5.22. The summed E-state index contributed by atoms with van der Waals surface area (Å²) in [6.07, 6.45) is 1.29. The maximum Gasteiger partial charge on any atom is 0.416 e. The maximum absolute atomic E-state index is 15.6. The number of rotatable bonds is 5. The lowest BCUT2D eigenvalue weighted by molar-refractivity contribution is -0.115. The molecule has 4 aliphatic heterocycles. The number of alkyl halides is 3. The second-order valence-electron chi connectivity index (χ2n) is 10.3. The summed E-state index contributed by atoms with van der Waals surface area (Å²) in [5.41, 5.74) is -0.406. The average Bonchev–Trinajstić information content (AvgIpc) is 3.57. The van der Waals surface area contributed by atoms with Gasteiger partial charge >= 0.3 is 6.18 Å². The number of hydrogen-bond acceptors (Lipinski definition) is 8. The van der Waals surface area contributed by atoms with E-state index in [1.807, 2.05) is 9.80 Å². The van der Waals surface area contributed by atoms with Gasteiger partial charge in [-0.15, -0.1) is 0 Å². The Balaban J connectivity index is 1.33. The summed E-state index contributed by atoms with van der Waals surface area (Å²) in [4.78, 5) is 25.9. The molecule has 40 heavy (non-hydrogen) atoms. The number of aromatic nitrogens is 2. The Kier molecular flexibility index (Phi) is 7.09. The molecule has 5 heterocycles. The molecule has 2 aromatic rings. The van der Waals surface area contributed by atoms with E-state index in [0.29, 0.717) is 62.5 Å². The molecule has 3 N–H and O–H groups in total. The number of hydrogen-bond donors (Lipinski definition) is 3. The zero-order chi connectivity index (χ0) is 27.9. The minimum absolute atomic E-state index is 0.0401. The molecule has 0 spiro atoms. The van der Waals surface area contributed by atoms with Crippen LogP contribution in [0, 0.1) is 11.7 Å². The van der Waals surface area contributed by atoms with Gasteiger partial charge in [0.1, 0.15) is 5.82 Å². The fourth-order valence-electron chi connectivity index (χ4n) is 5.73. The topological polar surface area (TPSA) is 94.7 Å². The minimum atomic E-state index is -4.69. The normalized spacial score (nSPS) is 22.9. The number of morpholine rings is 1. The molecule has 1 aromatic heterocycles. The smallest absolute Gasteiger partial charge is 0.387 e. The zero-order valence-electron chi connectivity index (χ0n) is 21.6. The minimum Gasteiger partial charge on any atom is -0.387 e. The highest BCUT2D eigenvalue weighted by molar-refractivity contribution is 6.09. The van der Waals surface area contributed by atoms with Crippen molar-refractivity contribution in [2.75, 3.05) is 67.6 Å². The van der Waals surface area contributed by atoms with Gasteiger partial charge in [0.05, 0.1) is 35.7 Å². The van der Waals surface area contributed by atoms with Gasteiger partial charge in [-0.25, -0.2) is 14.4 Å². The van der Waals surface area contributed by atoms with Gasteiger partial charge in [-0.05, 0) is 31.0 Å². The fraction of sp³-hybridized carbons (Fsp3) is 0.444. The van der Waals surface area contributed by atoms with Crippen LogP contribution in [-0.2, 0) is 9.53 Å². The number of carbonyl (C=O) groups excluding carboxylic acids is 1. The Hall–Kier alpha value is -3.71. The Bertz CT molecular complexity index is 1330. The van der Waals surface area contributed by atoms with Gasteiger partial charge in [0.15, 0.2) is 0 Å². The lowest BCUT2D eigenvalue weighted by Crippen LogP contribution is -2.37. The first kappa shape index (κ1) is 26.5. The van der Waals surface area contributed by atoms with Crippen molar-refractivity contribution in [2.45, 2.75) is 18.6 Å². The highest BCUT2D eigenvalue weighted by Gasteiger charge is 2.40. The van der Waals surface area contributed by atoms with E-state index in [0.717, 1.165) is 25.2 Å². The molecule has 0 unspecified atom stereocenters. The number of carbonyl (C=O) groups is 1. The molecule has 9 nitrogen and oxygen atoms in total. The maximum atomic E-state index is 15.6. The lowest BCUT2D eigenvalue weighted by atomic mass is 10.0. The molecule has 6 rings (SSSR count). The summed E-state index contributed by atoms with van der Waals surface area (Å²) in [6, 6.07) is 3.01. The van der Waals surface area contributed by atoms with Crippen LogP contribution < -0.4 is 25.8 Å². The summed E-state index contributed by atoms with van der Waals surface area (Å²) < 4.78 is 61.9. The number of dihydropyridines is 1. The average molecular weight is 560 g/mol. The molecule has 0 radical (unpaired) electrons. The van der Waals surface area contributed by atoms with E-state index in [4.69, 9.17) is 4.74 Å². The summed E-state index contributed by atoms with van der Waals surface area (Å²) >= 11 is 0. The van der Waals surface area contributed by atoms with Crippen molar-refractivity contribution in [2.24, 2.45) is 5.92 Å². The van der Waals surface area contributed by atoms with Gasteiger partial charge in [-0.2, -0.15) is 13.2 Å². The number of benzene rings is 1.